The van der Waals surface area contributed by atoms with Crippen LogP contribution in [0.25, 0.3) is 11.1 Å². The molecular weight excluding hydrogens is 359 g/mol. The van der Waals surface area contributed by atoms with Crippen molar-refractivity contribution in [3.63, 3.8) is 0 Å². The maximum Gasteiger partial charge on any atom is 0.416 e. The third-order valence-electron chi connectivity index (χ3n) is 5.42. The van der Waals surface area contributed by atoms with E-state index < -0.39 is 11.7 Å². The van der Waals surface area contributed by atoms with Crippen molar-refractivity contribution in [3.05, 3.63) is 95.1 Å². The van der Waals surface area contributed by atoms with Gasteiger partial charge < -0.3 is 0 Å². The van der Waals surface area contributed by atoms with Gasteiger partial charge in [0.25, 0.3) is 0 Å². The molecule has 1 aliphatic rings. The van der Waals surface area contributed by atoms with E-state index in [0.29, 0.717) is 0 Å². The Morgan fingerprint density at radius 3 is 1.86 bits per heavy atom. The van der Waals surface area contributed by atoms with Crippen LogP contribution in [-0.2, 0) is 6.18 Å². The molecule has 1 N–H and O–H groups in total. The lowest BCUT2D eigenvalue weighted by Crippen LogP contribution is -2.26. The molecule has 28 heavy (non-hydrogen) atoms. The number of alkyl halides is 3. The minimum atomic E-state index is -4.31. The summed E-state index contributed by atoms with van der Waals surface area (Å²) in [5, 5.41) is 3.72. The van der Waals surface area contributed by atoms with E-state index in [1.807, 2.05) is 24.3 Å². The number of fused-ring (bicyclic) bond motifs is 3. The first kappa shape index (κ1) is 18.8. The summed E-state index contributed by atoms with van der Waals surface area (Å²) in [6.07, 6.45) is -2.52. The normalized spacial score (nSPS) is 14.6. The molecular formula is C24H22F3N. The van der Waals surface area contributed by atoms with E-state index >= 15 is 0 Å². The highest BCUT2D eigenvalue weighted by Gasteiger charge is 2.32. The fraction of sp³-hybridized carbons (Fsp3) is 0.250. The van der Waals surface area contributed by atoms with Crippen molar-refractivity contribution in [3.8, 4) is 11.1 Å². The zero-order valence-electron chi connectivity index (χ0n) is 15.6. The minimum absolute atomic E-state index is 0.0171. The van der Waals surface area contributed by atoms with Crippen LogP contribution < -0.4 is 5.32 Å². The maximum atomic E-state index is 12.9. The van der Waals surface area contributed by atoms with Crippen LogP contribution >= 0.6 is 0 Å². The summed E-state index contributed by atoms with van der Waals surface area (Å²) in [5.74, 6) is 0. The molecule has 0 aromatic heterocycles. The van der Waals surface area contributed by atoms with Gasteiger partial charge in [0.1, 0.15) is 0 Å². The van der Waals surface area contributed by atoms with Crippen molar-refractivity contribution in [1.82, 2.24) is 5.32 Å². The molecule has 0 radical (unpaired) electrons. The SMILES string of the molecule is CCC[C@H](NC1c2ccccc2-c2ccccc21)c1ccc(C(F)(F)F)cc1. The summed E-state index contributed by atoms with van der Waals surface area (Å²) < 4.78 is 38.7. The molecule has 144 valence electrons. The van der Waals surface area contributed by atoms with E-state index in [4.69, 9.17) is 0 Å². The van der Waals surface area contributed by atoms with Crippen LogP contribution in [0.4, 0.5) is 13.2 Å². The van der Waals surface area contributed by atoms with Gasteiger partial charge in [-0.2, -0.15) is 13.2 Å². The fourth-order valence-electron chi connectivity index (χ4n) is 4.08. The fourth-order valence-corrected chi connectivity index (χ4v) is 4.08. The Labute approximate surface area is 163 Å². The van der Waals surface area contributed by atoms with Crippen LogP contribution in [0, 0.1) is 0 Å². The monoisotopic (exact) mass is 381 g/mol. The molecule has 0 saturated heterocycles. The molecule has 4 heteroatoms. The molecule has 3 aromatic carbocycles. The highest BCUT2D eigenvalue weighted by molar-refractivity contribution is 5.78. The van der Waals surface area contributed by atoms with Crippen LogP contribution in [-0.4, -0.2) is 0 Å². The standard InChI is InChI=1S/C24H22F3N/c1-2-7-22(16-12-14-17(15-13-16)24(25,26)27)28-23-20-10-5-3-8-18(20)19-9-4-6-11-21(19)23/h3-6,8-15,22-23,28H,2,7H2,1H3/t22-/m0/s1. The highest BCUT2D eigenvalue weighted by atomic mass is 19.4. The molecule has 0 heterocycles. The van der Waals surface area contributed by atoms with Gasteiger partial charge in [-0.1, -0.05) is 74.0 Å². The Hall–Kier alpha value is -2.59. The van der Waals surface area contributed by atoms with Crippen molar-refractivity contribution in [2.75, 3.05) is 0 Å². The van der Waals surface area contributed by atoms with E-state index in [1.54, 1.807) is 12.1 Å². The summed E-state index contributed by atoms with van der Waals surface area (Å²) in [6.45, 7) is 2.09. The molecule has 0 aliphatic heterocycles. The molecule has 0 saturated carbocycles. The third-order valence-corrected chi connectivity index (χ3v) is 5.42. The van der Waals surface area contributed by atoms with Gasteiger partial charge >= 0.3 is 6.18 Å². The molecule has 0 fully saturated rings. The quantitative estimate of drug-likeness (QED) is 0.506. The summed E-state index contributed by atoms with van der Waals surface area (Å²) >= 11 is 0. The van der Waals surface area contributed by atoms with Crippen molar-refractivity contribution in [2.24, 2.45) is 0 Å². The van der Waals surface area contributed by atoms with Gasteiger partial charge in [-0.15, -0.1) is 0 Å². The average Bonchev–Trinajstić information content (AvgIpc) is 3.01. The second-order valence-electron chi connectivity index (χ2n) is 7.24. The van der Waals surface area contributed by atoms with Gasteiger partial charge in [0.2, 0.25) is 0 Å². The number of hydrogen-bond acceptors (Lipinski definition) is 1. The summed E-state index contributed by atoms with van der Waals surface area (Å²) in [5.41, 5.74) is 5.16. The van der Waals surface area contributed by atoms with Crippen LogP contribution in [0.3, 0.4) is 0 Å². The average molecular weight is 381 g/mol. The van der Waals surface area contributed by atoms with Gasteiger partial charge in [-0.3, -0.25) is 5.32 Å². The minimum Gasteiger partial charge on any atom is -0.299 e. The molecule has 0 unspecified atom stereocenters. The number of benzene rings is 3. The largest absolute Gasteiger partial charge is 0.416 e. The number of hydrogen-bond donors (Lipinski definition) is 1. The lowest BCUT2D eigenvalue weighted by Gasteiger charge is -2.25. The van der Waals surface area contributed by atoms with E-state index in [2.05, 4.69) is 36.5 Å². The molecule has 0 spiro atoms. The molecule has 0 bridgehead atoms. The topological polar surface area (TPSA) is 12.0 Å². The summed E-state index contributed by atoms with van der Waals surface area (Å²) in [7, 11) is 0. The highest BCUT2D eigenvalue weighted by Crippen LogP contribution is 2.44. The summed E-state index contributed by atoms with van der Waals surface area (Å²) in [6, 6.07) is 22.2. The lowest BCUT2D eigenvalue weighted by atomic mass is 9.97. The van der Waals surface area contributed by atoms with E-state index in [1.165, 1.54) is 34.4 Å². The van der Waals surface area contributed by atoms with Gasteiger partial charge in [0.05, 0.1) is 11.6 Å². The smallest absolute Gasteiger partial charge is 0.299 e. The Balaban J connectivity index is 1.67. The zero-order valence-corrected chi connectivity index (χ0v) is 15.6. The second kappa shape index (κ2) is 7.44. The molecule has 0 amide bonds. The number of rotatable bonds is 5. The van der Waals surface area contributed by atoms with Gasteiger partial charge in [0, 0.05) is 6.04 Å². The number of halogens is 3. The first-order chi connectivity index (χ1) is 13.5. The van der Waals surface area contributed by atoms with Crippen LogP contribution in [0.2, 0.25) is 0 Å². The molecule has 1 atom stereocenters. The first-order valence-corrected chi connectivity index (χ1v) is 9.60. The first-order valence-electron chi connectivity index (χ1n) is 9.60. The van der Waals surface area contributed by atoms with E-state index in [9.17, 15) is 13.2 Å². The Kier molecular flexibility index (Phi) is 4.98. The molecule has 3 aromatic rings. The lowest BCUT2D eigenvalue weighted by molar-refractivity contribution is -0.137. The van der Waals surface area contributed by atoms with Crippen molar-refractivity contribution < 1.29 is 13.2 Å². The predicted octanol–water partition coefficient (Wildman–Crippen LogP) is 6.91. The summed E-state index contributed by atoms with van der Waals surface area (Å²) in [4.78, 5) is 0. The maximum absolute atomic E-state index is 12.9. The molecule has 1 aliphatic carbocycles. The Morgan fingerprint density at radius 2 is 1.36 bits per heavy atom. The van der Waals surface area contributed by atoms with Crippen LogP contribution in [0.5, 0.6) is 0 Å². The van der Waals surface area contributed by atoms with Crippen LogP contribution in [0.15, 0.2) is 72.8 Å². The van der Waals surface area contributed by atoms with Gasteiger partial charge in [-0.05, 0) is 46.4 Å². The van der Waals surface area contributed by atoms with E-state index in [-0.39, 0.29) is 12.1 Å². The second-order valence-corrected chi connectivity index (χ2v) is 7.24. The van der Waals surface area contributed by atoms with Gasteiger partial charge in [-0.25, -0.2) is 0 Å². The number of nitrogens with one attached hydrogen (secondary N) is 1. The predicted molar refractivity (Wildman–Crippen MR) is 106 cm³/mol. The third kappa shape index (κ3) is 3.45. The van der Waals surface area contributed by atoms with Gasteiger partial charge in [0.15, 0.2) is 0 Å². The van der Waals surface area contributed by atoms with Crippen molar-refractivity contribution in [2.45, 2.75) is 38.0 Å². The van der Waals surface area contributed by atoms with Crippen molar-refractivity contribution >= 4 is 0 Å². The Bertz CT molecular complexity index is 915. The van der Waals surface area contributed by atoms with Crippen LogP contribution in [0.1, 0.15) is 54.1 Å². The molecule has 4 rings (SSSR count). The van der Waals surface area contributed by atoms with Crippen molar-refractivity contribution in [1.29, 1.82) is 0 Å². The molecule has 1 nitrogen and oxygen atoms in total. The van der Waals surface area contributed by atoms with E-state index in [0.717, 1.165) is 18.4 Å². The zero-order chi connectivity index (χ0) is 19.7. The Morgan fingerprint density at radius 1 is 0.821 bits per heavy atom.